The van der Waals surface area contributed by atoms with Crippen molar-refractivity contribution in [1.82, 2.24) is 0 Å². The number of nitrogens with zero attached hydrogens (tertiary/aromatic N) is 1. The second-order valence-electron chi connectivity index (χ2n) is 2.48. The van der Waals surface area contributed by atoms with Gasteiger partial charge in [-0.1, -0.05) is 18.2 Å². The zero-order chi connectivity index (χ0) is 7.90. The maximum Gasteiger partial charge on any atom is 0.175 e. The standard InChI is InChI=1S/C7H7NO2S/c9-8(10)7-4-2-1-3-6(7)5-11-8/h1-5,7,9H. The molecular formula is C7H7NO2S. The van der Waals surface area contributed by atoms with E-state index in [-0.39, 0.29) is 0 Å². The van der Waals surface area contributed by atoms with Gasteiger partial charge in [0.05, 0.1) is 0 Å². The summed E-state index contributed by atoms with van der Waals surface area (Å²) in [6.07, 6.45) is 7.17. The molecule has 2 rings (SSSR count). The van der Waals surface area contributed by atoms with Crippen LogP contribution in [-0.4, -0.2) is 15.5 Å². The fourth-order valence-corrected chi connectivity index (χ4v) is 1.97. The maximum atomic E-state index is 11.2. The smallest absolute Gasteiger partial charge is 0.175 e. The van der Waals surface area contributed by atoms with Crippen LogP contribution in [0.3, 0.4) is 0 Å². The van der Waals surface area contributed by atoms with Crippen LogP contribution in [0.1, 0.15) is 0 Å². The summed E-state index contributed by atoms with van der Waals surface area (Å²) in [7, 11) is 0. The van der Waals surface area contributed by atoms with Crippen molar-refractivity contribution in [3.05, 3.63) is 40.5 Å². The topological polar surface area (TPSA) is 43.3 Å². The molecular weight excluding hydrogens is 162 g/mol. The minimum atomic E-state index is -1.25. The number of hydrogen-bond donors (Lipinski definition) is 1. The molecule has 4 heteroatoms. The van der Waals surface area contributed by atoms with Crippen LogP contribution in [0.2, 0.25) is 0 Å². The first-order valence-corrected chi connectivity index (χ1v) is 4.09. The molecule has 1 aliphatic carbocycles. The monoisotopic (exact) mass is 169 g/mol. The van der Waals surface area contributed by atoms with Crippen LogP contribution in [0.15, 0.2) is 35.3 Å². The van der Waals surface area contributed by atoms with Crippen molar-refractivity contribution in [3.8, 4) is 0 Å². The number of hydrogen-bond acceptors (Lipinski definition) is 3. The number of rotatable bonds is 0. The first kappa shape index (κ1) is 7.12. The van der Waals surface area contributed by atoms with E-state index in [9.17, 15) is 10.4 Å². The largest absolute Gasteiger partial charge is 0.585 e. The summed E-state index contributed by atoms with van der Waals surface area (Å²) in [4.78, 5) is 0. The first-order chi connectivity index (χ1) is 5.20. The van der Waals surface area contributed by atoms with Gasteiger partial charge in [-0.15, -0.1) is 4.21 Å². The minimum Gasteiger partial charge on any atom is -0.585 e. The summed E-state index contributed by atoms with van der Waals surface area (Å²) in [5.74, 6) is 0. The second kappa shape index (κ2) is 2.22. The SMILES string of the molecule is [O-][N+]1(O)SC=C2C=CC=CC21. The number of hydroxylamine groups is 2. The van der Waals surface area contributed by atoms with Gasteiger partial charge in [0.15, 0.2) is 6.04 Å². The average Bonchev–Trinajstić information content (AvgIpc) is 2.29. The fraction of sp³-hybridized carbons (Fsp3) is 0.143. The van der Waals surface area contributed by atoms with E-state index in [1.54, 1.807) is 17.6 Å². The van der Waals surface area contributed by atoms with E-state index in [1.165, 1.54) is 0 Å². The maximum absolute atomic E-state index is 11.2. The Morgan fingerprint density at radius 3 is 3.09 bits per heavy atom. The van der Waals surface area contributed by atoms with Crippen LogP contribution in [0, 0.1) is 5.21 Å². The summed E-state index contributed by atoms with van der Waals surface area (Å²) in [6, 6.07) is -0.426. The predicted molar refractivity (Wildman–Crippen MR) is 43.2 cm³/mol. The quantitative estimate of drug-likeness (QED) is 0.341. The van der Waals surface area contributed by atoms with Crippen molar-refractivity contribution < 1.29 is 9.42 Å². The van der Waals surface area contributed by atoms with Crippen molar-refractivity contribution in [2.75, 3.05) is 0 Å². The Labute approximate surface area is 68.6 Å². The van der Waals surface area contributed by atoms with E-state index >= 15 is 0 Å². The van der Waals surface area contributed by atoms with Crippen molar-refractivity contribution in [2.45, 2.75) is 6.04 Å². The third-order valence-electron chi connectivity index (χ3n) is 1.73. The molecule has 1 N–H and O–H groups in total. The molecule has 0 radical (unpaired) electrons. The summed E-state index contributed by atoms with van der Waals surface area (Å²) in [5.41, 5.74) is 0.884. The van der Waals surface area contributed by atoms with Crippen molar-refractivity contribution >= 4 is 11.9 Å². The van der Waals surface area contributed by atoms with Crippen LogP contribution in [-0.2, 0) is 0 Å². The van der Waals surface area contributed by atoms with Crippen LogP contribution in [0.5, 0.6) is 0 Å². The zero-order valence-electron chi connectivity index (χ0n) is 5.68. The van der Waals surface area contributed by atoms with Gasteiger partial charge in [-0.25, -0.2) is 5.21 Å². The second-order valence-corrected chi connectivity index (χ2v) is 3.45. The van der Waals surface area contributed by atoms with E-state index in [1.807, 2.05) is 12.2 Å². The summed E-state index contributed by atoms with van der Waals surface area (Å²) in [6.45, 7) is 0. The molecule has 2 aliphatic rings. The summed E-state index contributed by atoms with van der Waals surface area (Å²) >= 11 is 0.878. The van der Waals surface area contributed by atoms with E-state index < -0.39 is 10.3 Å². The molecule has 0 saturated carbocycles. The molecule has 0 aromatic carbocycles. The molecule has 1 aliphatic heterocycles. The Morgan fingerprint density at radius 2 is 2.36 bits per heavy atom. The Bertz CT molecular complexity index is 268. The molecule has 0 saturated heterocycles. The van der Waals surface area contributed by atoms with Gasteiger partial charge in [0.2, 0.25) is 0 Å². The highest BCUT2D eigenvalue weighted by Crippen LogP contribution is 2.38. The molecule has 1 heterocycles. The molecule has 0 aromatic heterocycles. The molecule has 2 atom stereocenters. The van der Waals surface area contributed by atoms with Crippen LogP contribution in [0.25, 0.3) is 0 Å². The molecule has 2 unspecified atom stereocenters. The number of quaternary nitrogens is 1. The van der Waals surface area contributed by atoms with E-state index in [0.717, 1.165) is 17.5 Å². The van der Waals surface area contributed by atoms with Crippen molar-refractivity contribution in [3.63, 3.8) is 0 Å². The third kappa shape index (κ3) is 1.04. The summed E-state index contributed by atoms with van der Waals surface area (Å²) in [5, 5.41) is 22.1. The van der Waals surface area contributed by atoms with E-state index in [2.05, 4.69) is 0 Å². The number of allylic oxidation sites excluding steroid dienone is 2. The summed E-state index contributed by atoms with van der Waals surface area (Å²) < 4.78 is -1.25. The Kier molecular flexibility index (Phi) is 1.43. The Balaban J connectivity index is 2.35. The van der Waals surface area contributed by atoms with Crippen molar-refractivity contribution in [2.24, 2.45) is 0 Å². The van der Waals surface area contributed by atoms with Gasteiger partial charge in [-0.3, -0.25) is 0 Å². The van der Waals surface area contributed by atoms with Crippen molar-refractivity contribution in [1.29, 1.82) is 0 Å². The highest BCUT2D eigenvalue weighted by molar-refractivity contribution is 7.96. The highest BCUT2D eigenvalue weighted by Gasteiger charge is 2.36. The van der Waals surface area contributed by atoms with Gasteiger partial charge in [-0.05, 0) is 6.08 Å². The van der Waals surface area contributed by atoms with E-state index in [4.69, 9.17) is 0 Å². The Hall–Kier alpha value is -0.550. The van der Waals surface area contributed by atoms with Gasteiger partial charge < -0.3 is 5.21 Å². The minimum absolute atomic E-state index is 0.426. The first-order valence-electron chi connectivity index (χ1n) is 3.26. The van der Waals surface area contributed by atoms with Gasteiger partial charge in [0, 0.05) is 11.0 Å². The van der Waals surface area contributed by atoms with E-state index in [0.29, 0.717) is 0 Å². The molecule has 58 valence electrons. The lowest BCUT2D eigenvalue weighted by Crippen LogP contribution is -2.37. The van der Waals surface area contributed by atoms with Crippen LogP contribution in [0.4, 0.5) is 0 Å². The van der Waals surface area contributed by atoms with Crippen LogP contribution < -0.4 is 0 Å². The molecule has 0 spiro atoms. The molecule has 11 heavy (non-hydrogen) atoms. The molecule has 0 amide bonds. The fourth-order valence-electron chi connectivity index (χ4n) is 1.15. The lowest BCUT2D eigenvalue weighted by atomic mass is 10.1. The predicted octanol–water partition coefficient (Wildman–Crippen LogP) is 1.73. The van der Waals surface area contributed by atoms with Gasteiger partial charge >= 0.3 is 0 Å². The lowest BCUT2D eigenvalue weighted by Gasteiger charge is -2.31. The Morgan fingerprint density at radius 1 is 1.55 bits per heavy atom. The average molecular weight is 169 g/mol. The number of fused-ring (bicyclic) bond motifs is 1. The van der Waals surface area contributed by atoms with Gasteiger partial charge in [-0.2, -0.15) is 0 Å². The molecule has 0 fully saturated rings. The van der Waals surface area contributed by atoms with Gasteiger partial charge in [0.1, 0.15) is 11.9 Å². The normalized spacial score (nSPS) is 40.5. The molecule has 3 nitrogen and oxygen atoms in total. The zero-order valence-corrected chi connectivity index (χ0v) is 6.49. The lowest BCUT2D eigenvalue weighted by molar-refractivity contribution is -0.959. The van der Waals surface area contributed by atoms with Crippen LogP contribution >= 0.6 is 11.9 Å². The highest BCUT2D eigenvalue weighted by atomic mass is 32.2. The molecule has 0 aromatic rings. The molecule has 0 bridgehead atoms. The van der Waals surface area contributed by atoms with Gasteiger partial charge in [0.25, 0.3) is 0 Å². The third-order valence-corrected chi connectivity index (χ3v) is 2.63.